The highest BCUT2D eigenvalue weighted by Gasteiger charge is 2.40. The number of hydrogen-bond acceptors (Lipinski definition) is 3. The van der Waals surface area contributed by atoms with Crippen molar-refractivity contribution >= 4 is 17.7 Å². The van der Waals surface area contributed by atoms with Crippen LogP contribution in [0.15, 0.2) is 0 Å². The van der Waals surface area contributed by atoms with Gasteiger partial charge in [-0.3, -0.25) is 9.59 Å². The van der Waals surface area contributed by atoms with Gasteiger partial charge in [0.1, 0.15) is 0 Å². The van der Waals surface area contributed by atoms with E-state index in [9.17, 15) is 14.4 Å². The molecule has 0 bridgehead atoms. The summed E-state index contributed by atoms with van der Waals surface area (Å²) in [6.45, 7) is 0. The van der Waals surface area contributed by atoms with Gasteiger partial charge in [-0.15, -0.1) is 0 Å². The summed E-state index contributed by atoms with van der Waals surface area (Å²) in [5.74, 6) is -5.20. The molecule has 0 heterocycles. The molecule has 1 aliphatic rings. The van der Waals surface area contributed by atoms with Gasteiger partial charge in [-0.25, -0.2) is 4.79 Å². The summed E-state index contributed by atoms with van der Waals surface area (Å²) < 4.78 is 0. The van der Waals surface area contributed by atoms with Gasteiger partial charge in [0, 0.05) is 5.92 Å². The third-order valence-corrected chi connectivity index (χ3v) is 2.38. The molecule has 0 aromatic carbocycles. The first-order valence-electron chi connectivity index (χ1n) is 4.04. The molecule has 0 aromatic heterocycles. The lowest BCUT2D eigenvalue weighted by atomic mass is 9.92. The van der Waals surface area contributed by atoms with Crippen molar-refractivity contribution in [2.24, 2.45) is 11.8 Å². The first-order valence-corrected chi connectivity index (χ1v) is 4.04. The third-order valence-electron chi connectivity index (χ3n) is 2.38. The maximum atomic E-state index is 11.0. The van der Waals surface area contributed by atoms with Crippen LogP contribution in [-0.2, 0) is 14.4 Å². The summed E-state index contributed by atoms with van der Waals surface area (Å²) in [6, 6.07) is 0. The Morgan fingerprint density at radius 1 is 1.00 bits per heavy atom. The van der Waals surface area contributed by atoms with E-state index in [1.54, 1.807) is 0 Å². The van der Waals surface area contributed by atoms with E-state index in [0.717, 1.165) is 0 Å². The van der Waals surface area contributed by atoms with Gasteiger partial charge in [0.2, 0.25) is 5.78 Å². The highest BCUT2D eigenvalue weighted by Crippen LogP contribution is 2.32. The Balaban J connectivity index is 2.74. The van der Waals surface area contributed by atoms with Crippen LogP contribution in [0.2, 0.25) is 0 Å². The van der Waals surface area contributed by atoms with Crippen molar-refractivity contribution in [1.82, 2.24) is 0 Å². The maximum Gasteiger partial charge on any atom is 0.372 e. The molecule has 0 amide bonds. The molecular formula is C8H10O5. The number of ketones is 1. The molecule has 5 heteroatoms. The van der Waals surface area contributed by atoms with Gasteiger partial charge in [-0.05, 0) is 12.8 Å². The Morgan fingerprint density at radius 2 is 1.54 bits per heavy atom. The second-order valence-electron chi connectivity index (χ2n) is 3.15. The van der Waals surface area contributed by atoms with Crippen LogP contribution < -0.4 is 0 Å². The molecule has 2 atom stereocenters. The Kier molecular flexibility index (Phi) is 2.65. The lowest BCUT2D eigenvalue weighted by Crippen LogP contribution is -2.30. The van der Waals surface area contributed by atoms with Gasteiger partial charge >= 0.3 is 11.9 Å². The Bertz CT molecular complexity index is 257. The molecule has 72 valence electrons. The molecule has 1 rings (SSSR count). The zero-order valence-corrected chi connectivity index (χ0v) is 6.90. The van der Waals surface area contributed by atoms with E-state index in [1.807, 2.05) is 0 Å². The first kappa shape index (κ1) is 9.70. The Morgan fingerprint density at radius 3 is 2.00 bits per heavy atom. The molecule has 0 aliphatic heterocycles. The zero-order valence-electron chi connectivity index (χ0n) is 6.90. The standard InChI is InChI=1S/C8H10O5/c9-6(8(12)13)4-2-1-3-5(4)7(10)11/h4-5H,1-3H2,(H,10,11)(H,12,13). The average molecular weight is 186 g/mol. The maximum absolute atomic E-state index is 11.0. The van der Waals surface area contributed by atoms with Crippen molar-refractivity contribution in [2.45, 2.75) is 19.3 Å². The van der Waals surface area contributed by atoms with Gasteiger partial charge in [0.25, 0.3) is 0 Å². The minimum atomic E-state index is -1.53. The van der Waals surface area contributed by atoms with Crippen LogP contribution in [0.1, 0.15) is 19.3 Å². The molecule has 5 nitrogen and oxygen atoms in total. The molecule has 2 unspecified atom stereocenters. The Hall–Kier alpha value is -1.39. The molecule has 1 saturated carbocycles. The number of carbonyl (C=O) groups excluding carboxylic acids is 1. The largest absolute Gasteiger partial charge is 0.481 e. The fraction of sp³-hybridized carbons (Fsp3) is 0.625. The van der Waals surface area contributed by atoms with Crippen molar-refractivity contribution in [3.8, 4) is 0 Å². The van der Waals surface area contributed by atoms with Crippen LogP contribution in [0, 0.1) is 11.8 Å². The number of hydrogen-bond donors (Lipinski definition) is 2. The van der Waals surface area contributed by atoms with Crippen LogP contribution in [0.4, 0.5) is 0 Å². The molecule has 13 heavy (non-hydrogen) atoms. The molecular weight excluding hydrogens is 176 g/mol. The summed E-state index contributed by atoms with van der Waals surface area (Å²) in [6.07, 6.45) is 1.39. The van der Waals surface area contributed by atoms with Gasteiger partial charge in [-0.2, -0.15) is 0 Å². The van der Waals surface area contributed by atoms with Crippen LogP contribution in [0.3, 0.4) is 0 Å². The highest BCUT2D eigenvalue weighted by molar-refractivity contribution is 6.34. The monoisotopic (exact) mass is 186 g/mol. The predicted molar refractivity (Wildman–Crippen MR) is 41.1 cm³/mol. The second kappa shape index (κ2) is 3.55. The summed E-state index contributed by atoms with van der Waals surface area (Å²) in [4.78, 5) is 31.9. The lowest BCUT2D eigenvalue weighted by molar-refractivity contribution is -0.154. The average Bonchev–Trinajstić information content (AvgIpc) is 2.50. The van der Waals surface area contributed by atoms with E-state index >= 15 is 0 Å². The van der Waals surface area contributed by atoms with Gasteiger partial charge < -0.3 is 10.2 Å². The number of carboxylic acid groups (broad SMARTS) is 2. The number of carbonyl (C=O) groups is 3. The number of rotatable bonds is 3. The van der Waals surface area contributed by atoms with Crippen LogP contribution in [0.25, 0.3) is 0 Å². The summed E-state index contributed by atoms with van der Waals surface area (Å²) in [5.41, 5.74) is 0. The topological polar surface area (TPSA) is 91.7 Å². The summed E-state index contributed by atoms with van der Waals surface area (Å²) in [7, 11) is 0. The van der Waals surface area contributed by atoms with Crippen LogP contribution >= 0.6 is 0 Å². The van der Waals surface area contributed by atoms with E-state index in [2.05, 4.69) is 0 Å². The lowest BCUT2D eigenvalue weighted by Gasteiger charge is -2.10. The molecule has 0 spiro atoms. The fourth-order valence-corrected chi connectivity index (χ4v) is 1.73. The van der Waals surface area contributed by atoms with Gasteiger partial charge in [0.15, 0.2) is 0 Å². The van der Waals surface area contributed by atoms with Crippen molar-refractivity contribution < 1.29 is 24.6 Å². The number of Topliss-reactive ketones (excluding diaryl/α,β-unsaturated/α-hetero) is 1. The molecule has 2 N–H and O–H groups in total. The molecule has 0 radical (unpaired) electrons. The molecule has 1 fully saturated rings. The van der Waals surface area contributed by atoms with Crippen LogP contribution in [0.5, 0.6) is 0 Å². The van der Waals surface area contributed by atoms with E-state index in [0.29, 0.717) is 19.3 Å². The minimum absolute atomic E-state index is 0.377. The molecule has 0 saturated heterocycles. The van der Waals surface area contributed by atoms with Crippen molar-refractivity contribution in [2.75, 3.05) is 0 Å². The summed E-state index contributed by atoms with van der Waals surface area (Å²) >= 11 is 0. The highest BCUT2D eigenvalue weighted by atomic mass is 16.4. The van der Waals surface area contributed by atoms with Crippen molar-refractivity contribution in [3.63, 3.8) is 0 Å². The molecule has 1 aliphatic carbocycles. The van der Waals surface area contributed by atoms with E-state index < -0.39 is 29.6 Å². The minimum Gasteiger partial charge on any atom is -0.481 e. The van der Waals surface area contributed by atoms with Crippen molar-refractivity contribution in [1.29, 1.82) is 0 Å². The summed E-state index contributed by atoms with van der Waals surface area (Å²) in [5, 5.41) is 17.1. The Labute approximate surface area is 74.4 Å². The first-order chi connectivity index (χ1) is 6.04. The number of aliphatic carboxylic acids is 2. The quantitative estimate of drug-likeness (QED) is 0.611. The molecule has 0 aromatic rings. The van der Waals surface area contributed by atoms with E-state index in [-0.39, 0.29) is 0 Å². The van der Waals surface area contributed by atoms with E-state index in [4.69, 9.17) is 10.2 Å². The SMILES string of the molecule is O=C(O)C(=O)C1CCCC1C(=O)O. The van der Waals surface area contributed by atoms with Crippen molar-refractivity contribution in [3.05, 3.63) is 0 Å². The predicted octanol–water partition coefficient (Wildman–Crippen LogP) is 0.141. The smallest absolute Gasteiger partial charge is 0.372 e. The number of carboxylic acids is 2. The second-order valence-corrected chi connectivity index (χ2v) is 3.15. The zero-order chi connectivity index (χ0) is 10.0. The third kappa shape index (κ3) is 1.85. The fourth-order valence-electron chi connectivity index (χ4n) is 1.73. The van der Waals surface area contributed by atoms with Crippen LogP contribution in [-0.4, -0.2) is 27.9 Å². The normalized spacial score (nSPS) is 27.1. The van der Waals surface area contributed by atoms with E-state index in [1.165, 1.54) is 0 Å². The van der Waals surface area contributed by atoms with Gasteiger partial charge in [-0.1, -0.05) is 6.42 Å². The van der Waals surface area contributed by atoms with Gasteiger partial charge in [0.05, 0.1) is 5.92 Å².